The maximum absolute atomic E-state index is 12.0. The Morgan fingerprint density at radius 2 is 2.04 bits per heavy atom. The molecule has 2 aromatic rings. The van der Waals surface area contributed by atoms with Crippen LogP contribution in [0, 0.1) is 10.1 Å². The third-order valence-electron chi connectivity index (χ3n) is 3.55. The molecule has 1 heterocycles. The highest BCUT2D eigenvalue weighted by Gasteiger charge is 2.17. The molecule has 0 aliphatic heterocycles. The number of hydrogen-bond donors (Lipinski definition) is 1. The molecule has 0 aliphatic rings. The molecule has 0 saturated carbocycles. The molecule has 1 N–H and O–H groups in total. The summed E-state index contributed by atoms with van der Waals surface area (Å²) in [6, 6.07) is 10.7. The van der Waals surface area contributed by atoms with Crippen molar-refractivity contribution in [1.82, 2.24) is 10.3 Å². The summed E-state index contributed by atoms with van der Waals surface area (Å²) in [4.78, 5) is 25.8. The van der Waals surface area contributed by atoms with Crippen molar-refractivity contribution in [3.63, 3.8) is 0 Å². The summed E-state index contributed by atoms with van der Waals surface area (Å²) in [6.07, 6.45) is 2.26. The molecule has 1 atom stereocenters. The van der Waals surface area contributed by atoms with E-state index >= 15 is 0 Å². The van der Waals surface area contributed by atoms with E-state index in [9.17, 15) is 14.9 Å². The predicted octanol–water partition coefficient (Wildman–Crippen LogP) is 2.81. The summed E-state index contributed by atoms with van der Waals surface area (Å²) in [5.41, 5.74) is 2.21. The SMILES string of the molecule is CCc1ccc(C(C)NC(=O)COc2cccnc2[N+](=O)[O-])cc1. The van der Waals surface area contributed by atoms with Crippen molar-refractivity contribution in [2.75, 3.05) is 6.61 Å². The van der Waals surface area contributed by atoms with Gasteiger partial charge in [-0.2, -0.15) is 0 Å². The van der Waals surface area contributed by atoms with E-state index in [0.717, 1.165) is 12.0 Å². The predicted molar refractivity (Wildman–Crippen MR) is 88.8 cm³/mol. The fourth-order valence-corrected chi connectivity index (χ4v) is 2.18. The van der Waals surface area contributed by atoms with Gasteiger partial charge >= 0.3 is 5.82 Å². The average Bonchev–Trinajstić information content (AvgIpc) is 2.60. The molecule has 1 amide bonds. The van der Waals surface area contributed by atoms with Crippen molar-refractivity contribution in [2.24, 2.45) is 0 Å². The summed E-state index contributed by atoms with van der Waals surface area (Å²) >= 11 is 0. The summed E-state index contributed by atoms with van der Waals surface area (Å²) in [5.74, 6) is -0.800. The number of ether oxygens (including phenoxy) is 1. The van der Waals surface area contributed by atoms with Crippen LogP contribution >= 0.6 is 0 Å². The van der Waals surface area contributed by atoms with Gasteiger partial charge in [-0.3, -0.25) is 4.79 Å². The topological polar surface area (TPSA) is 94.4 Å². The lowest BCUT2D eigenvalue weighted by molar-refractivity contribution is -0.390. The number of nitrogens with zero attached hydrogens (tertiary/aromatic N) is 2. The number of nitro groups is 1. The van der Waals surface area contributed by atoms with Crippen LogP contribution in [0.5, 0.6) is 5.75 Å². The van der Waals surface area contributed by atoms with E-state index in [4.69, 9.17) is 4.74 Å². The van der Waals surface area contributed by atoms with Gasteiger partial charge in [0.2, 0.25) is 5.75 Å². The zero-order valence-electron chi connectivity index (χ0n) is 13.6. The molecule has 1 aromatic carbocycles. The van der Waals surface area contributed by atoms with Crippen LogP contribution in [0.3, 0.4) is 0 Å². The van der Waals surface area contributed by atoms with Crippen molar-refractivity contribution >= 4 is 11.7 Å². The highest BCUT2D eigenvalue weighted by atomic mass is 16.6. The second-order valence-electron chi connectivity index (χ2n) is 5.26. The highest BCUT2D eigenvalue weighted by molar-refractivity contribution is 5.78. The molecule has 0 fully saturated rings. The number of carbonyl (C=O) groups excluding carboxylic acids is 1. The van der Waals surface area contributed by atoms with E-state index < -0.39 is 10.7 Å². The fourth-order valence-electron chi connectivity index (χ4n) is 2.18. The second-order valence-corrected chi connectivity index (χ2v) is 5.26. The third kappa shape index (κ3) is 4.52. The molecule has 2 rings (SSSR count). The van der Waals surface area contributed by atoms with E-state index in [1.54, 1.807) is 0 Å². The zero-order valence-corrected chi connectivity index (χ0v) is 13.6. The number of benzene rings is 1. The van der Waals surface area contributed by atoms with Crippen LogP contribution in [0.25, 0.3) is 0 Å². The average molecular weight is 329 g/mol. The van der Waals surface area contributed by atoms with Crippen molar-refractivity contribution in [3.8, 4) is 5.75 Å². The molecule has 0 bridgehead atoms. The number of hydrogen-bond acceptors (Lipinski definition) is 5. The largest absolute Gasteiger partial charge is 0.476 e. The molecule has 0 saturated heterocycles. The van der Waals surface area contributed by atoms with E-state index in [2.05, 4.69) is 17.2 Å². The molecule has 7 heteroatoms. The van der Waals surface area contributed by atoms with Crippen LogP contribution < -0.4 is 10.1 Å². The Bertz CT molecular complexity index is 716. The lowest BCUT2D eigenvalue weighted by Crippen LogP contribution is -2.31. The number of nitrogens with one attached hydrogen (secondary N) is 1. The Labute approximate surface area is 139 Å². The van der Waals surface area contributed by atoms with Gasteiger partial charge in [0.05, 0.1) is 6.04 Å². The first kappa shape index (κ1) is 17.4. The van der Waals surface area contributed by atoms with E-state index in [-0.39, 0.29) is 24.3 Å². The number of amides is 1. The van der Waals surface area contributed by atoms with Crippen LogP contribution in [-0.2, 0) is 11.2 Å². The Kier molecular flexibility index (Phi) is 5.83. The van der Waals surface area contributed by atoms with Crippen LogP contribution in [0.4, 0.5) is 5.82 Å². The molecule has 126 valence electrons. The number of carbonyl (C=O) groups is 1. The Balaban J connectivity index is 1.92. The van der Waals surface area contributed by atoms with Crippen LogP contribution in [0.1, 0.15) is 31.0 Å². The van der Waals surface area contributed by atoms with Crippen molar-refractivity contribution in [3.05, 3.63) is 63.8 Å². The maximum atomic E-state index is 12.0. The number of aromatic nitrogens is 1. The third-order valence-corrected chi connectivity index (χ3v) is 3.55. The lowest BCUT2D eigenvalue weighted by atomic mass is 10.1. The molecule has 0 aliphatic carbocycles. The van der Waals surface area contributed by atoms with Crippen LogP contribution in [-0.4, -0.2) is 22.4 Å². The summed E-state index contributed by atoms with van der Waals surface area (Å²) < 4.78 is 5.22. The normalized spacial score (nSPS) is 11.6. The van der Waals surface area contributed by atoms with Crippen molar-refractivity contribution < 1.29 is 14.5 Å². The molecular weight excluding hydrogens is 310 g/mol. The molecular formula is C17H19N3O4. The van der Waals surface area contributed by atoms with Gasteiger partial charge in [-0.15, -0.1) is 0 Å². The Hall–Kier alpha value is -2.96. The Morgan fingerprint density at radius 3 is 2.67 bits per heavy atom. The van der Waals surface area contributed by atoms with Gasteiger partial charge in [0.1, 0.15) is 6.20 Å². The number of aryl methyl sites for hydroxylation is 1. The molecule has 0 spiro atoms. The lowest BCUT2D eigenvalue weighted by Gasteiger charge is -2.15. The van der Waals surface area contributed by atoms with Gasteiger partial charge in [-0.05, 0) is 46.5 Å². The van der Waals surface area contributed by atoms with Crippen molar-refractivity contribution in [2.45, 2.75) is 26.3 Å². The smallest absolute Gasteiger partial charge is 0.406 e. The monoisotopic (exact) mass is 329 g/mol. The van der Waals surface area contributed by atoms with E-state index in [0.29, 0.717) is 0 Å². The molecule has 1 aromatic heterocycles. The maximum Gasteiger partial charge on any atom is 0.406 e. The van der Waals surface area contributed by atoms with Crippen LogP contribution in [0.15, 0.2) is 42.6 Å². The molecule has 24 heavy (non-hydrogen) atoms. The minimum absolute atomic E-state index is 0.0300. The minimum Gasteiger partial charge on any atom is -0.476 e. The van der Waals surface area contributed by atoms with Crippen molar-refractivity contribution in [1.29, 1.82) is 0 Å². The van der Waals surface area contributed by atoms with E-state index in [1.165, 1.54) is 23.9 Å². The quantitative estimate of drug-likeness (QED) is 0.622. The first-order chi connectivity index (χ1) is 11.5. The standard InChI is InChI=1S/C17H19N3O4/c1-3-13-6-8-14(9-7-13)12(2)19-16(21)11-24-15-5-4-10-18-17(15)20(22)23/h4-10,12H,3,11H2,1-2H3,(H,19,21). The minimum atomic E-state index is -0.648. The Morgan fingerprint density at radius 1 is 1.33 bits per heavy atom. The van der Waals surface area contributed by atoms with Gasteiger partial charge in [-0.25, -0.2) is 0 Å². The number of rotatable bonds is 7. The highest BCUT2D eigenvalue weighted by Crippen LogP contribution is 2.22. The summed E-state index contributed by atoms with van der Waals surface area (Å²) in [5, 5.41) is 13.6. The van der Waals surface area contributed by atoms with Gasteiger partial charge in [0.15, 0.2) is 6.61 Å². The fraction of sp³-hybridized carbons (Fsp3) is 0.294. The molecule has 7 nitrogen and oxygen atoms in total. The van der Waals surface area contributed by atoms with Crippen LogP contribution in [0.2, 0.25) is 0 Å². The molecule has 0 radical (unpaired) electrons. The zero-order chi connectivity index (χ0) is 17.5. The first-order valence-electron chi connectivity index (χ1n) is 7.61. The van der Waals surface area contributed by atoms with E-state index in [1.807, 2.05) is 31.2 Å². The van der Waals surface area contributed by atoms with Gasteiger partial charge in [0.25, 0.3) is 5.91 Å². The van der Waals surface area contributed by atoms with Gasteiger partial charge in [-0.1, -0.05) is 31.2 Å². The van der Waals surface area contributed by atoms with Gasteiger partial charge in [0, 0.05) is 0 Å². The number of pyridine rings is 1. The summed E-state index contributed by atoms with van der Waals surface area (Å²) in [6.45, 7) is 3.63. The second kappa shape index (κ2) is 8.05. The van der Waals surface area contributed by atoms with Gasteiger partial charge < -0.3 is 20.2 Å². The first-order valence-corrected chi connectivity index (χ1v) is 7.61. The molecule has 1 unspecified atom stereocenters. The summed E-state index contributed by atoms with van der Waals surface area (Å²) in [7, 11) is 0.